The Morgan fingerprint density at radius 2 is 1.69 bits per heavy atom. The fourth-order valence-corrected chi connectivity index (χ4v) is 9.52. The molecule has 5 rings (SSSR count). The molecule has 1 N–H and O–H groups in total. The molecule has 0 aromatic heterocycles. The van der Waals surface area contributed by atoms with Crippen LogP contribution in [0.5, 0.6) is 0 Å². The van der Waals surface area contributed by atoms with Gasteiger partial charge in [-0.2, -0.15) is 0 Å². The van der Waals surface area contributed by atoms with E-state index in [1.165, 1.54) is 12.8 Å². The van der Waals surface area contributed by atoms with E-state index < -0.39 is 0 Å². The molecule has 214 valence electrons. The zero-order chi connectivity index (χ0) is 28.2. The van der Waals surface area contributed by atoms with Crippen LogP contribution in [0.15, 0.2) is 53.1 Å². The molecule has 0 heterocycles. The molecule has 0 amide bonds. The third-order valence-corrected chi connectivity index (χ3v) is 11.9. The van der Waals surface area contributed by atoms with Crippen molar-refractivity contribution in [3.8, 4) is 0 Å². The molecular weight excluding hydrogens is 480 g/mol. The number of allylic oxidation sites excluding steroid dienone is 4. The van der Waals surface area contributed by atoms with Gasteiger partial charge >= 0.3 is 5.97 Å². The maximum absolute atomic E-state index is 13.0. The van der Waals surface area contributed by atoms with E-state index in [1.54, 1.807) is 16.7 Å². The lowest BCUT2D eigenvalue weighted by atomic mass is 9.46. The Bertz CT molecular complexity index is 1130. The fourth-order valence-electron chi connectivity index (χ4n) is 9.52. The van der Waals surface area contributed by atoms with Crippen LogP contribution in [0.4, 0.5) is 0 Å². The monoisotopic (exact) mass is 532 g/mol. The minimum absolute atomic E-state index is 0.0532. The van der Waals surface area contributed by atoms with E-state index in [-0.39, 0.29) is 34.4 Å². The SMILES string of the molecule is CC(C)CC[C@@H](O)[C@@H](C)[C@H]1CC=C2C3=C(CC[C@@]21C)[C@@]1(C)CC[C@H](OC(=O)c2ccccc2)C(C)(C)[C@@H]1CC3. The molecule has 1 aromatic carbocycles. The third kappa shape index (κ3) is 4.85. The summed E-state index contributed by atoms with van der Waals surface area (Å²) < 4.78 is 6.22. The van der Waals surface area contributed by atoms with Gasteiger partial charge in [0.05, 0.1) is 11.7 Å². The standard InChI is InChI=1S/C36H52O3/c1-23(2)13-17-30(37)24(3)27-15-16-28-26-14-18-31-34(4,5)32(39-33(38)25-11-9-8-10-12-25)20-22-36(31,7)29(26)19-21-35(27,28)6/h8-12,16,23-24,27,30-32,37H,13-15,17-22H2,1-7H3/t24-,27+,30+,31-,32-,35+,36+/m0/s1. The number of ether oxygens (including phenoxy) is 1. The van der Waals surface area contributed by atoms with Crippen LogP contribution in [0.2, 0.25) is 0 Å². The highest BCUT2D eigenvalue weighted by Gasteiger charge is 2.58. The molecular formula is C36H52O3. The smallest absolute Gasteiger partial charge is 0.338 e. The number of aliphatic hydroxyl groups is 1. The molecule has 4 aliphatic carbocycles. The van der Waals surface area contributed by atoms with Crippen molar-refractivity contribution < 1.29 is 14.6 Å². The van der Waals surface area contributed by atoms with Gasteiger partial charge in [0.15, 0.2) is 0 Å². The minimum Gasteiger partial charge on any atom is -0.458 e. The second-order valence-corrected chi connectivity index (χ2v) is 14.9. The number of aliphatic hydroxyl groups excluding tert-OH is 1. The number of rotatable bonds is 7. The Morgan fingerprint density at radius 1 is 0.974 bits per heavy atom. The normalized spacial score (nSPS) is 35.0. The van der Waals surface area contributed by atoms with Crippen molar-refractivity contribution in [1.29, 1.82) is 0 Å². The van der Waals surface area contributed by atoms with E-state index >= 15 is 0 Å². The van der Waals surface area contributed by atoms with Crippen molar-refractivity contribution in [3.05, 3.63) is 58.7 Å². The van der Waals surface area contributed by atoms with E-state index in [4.69, 9.17) is 4.74 Å². The molecule has 1 saturated carbocycles. The van der Waals surface area contributed by atoms with Crippen molar-refractivity contribution in [2.75, 3.05) is 0 Å². The summed E-state index contributed by atoms with van der Waals surface area (Å²) in [6.07, 6.45) is 12.1. The fraction of sp³-hybridized carbons (Fsp3) is 0.694. The van der Waals surface area contributed by atoms with E-state index in [0.717, 1.165) is 44.9 Å². The van der Waals surface area contributed by atoms with Crippen LogP contribution < -0.4 is 0 Å². The van der Waals surface area contributed by atoms with Gasteiger partial charge in [0, 0.05) is 5.41 Å². The van der Waals surface area contributed by atoms with Crippen molar-refractivity contribution in [3.63, 3.8) is 0 Å². The van der Waals surface area contributed by atoms with Crippen LogP contribution in [-0.4, -0.2) is 23.3 Å². The summed E-state index contributed by atoms with van der Waals surface area (Å²) in [5, 5.41) is 11.1. The molecule has 0 saturated heterocycles. The summed E-state index contributed by atoms with van der Waals surface area (Å²) in [7, 11) is 0. The average Bonchev–Trinajstić information content (AvgIpc) is 3.26. The second-order valence-electron chi connectivity index (χ2n) is 14.9. The second kappa shape index (κ2) is 10.5. The molecule has 0 spiro atoms. The van der Waals surface area contributed by atoms with Gasteiger partial charge in [0.25, 0.3) is 0 Å². The summed E-state index contributed by atoms with van der Waals surface area (Å²) >= 11 is 0. The highest BCUT2D eigenvalue weighted by atomic mass is 16.5. The molecule has 3 heteroatoms. The van der Waals surface area contributed by atoms with Crippen LogP contribution in [0.1, 0.15) is 117 Å². The van der Waals surface area contributed by atoms with Crippen molar-refractivity contribution >= 4 is 5.97 Å². The molecule has 0 aliphatic heterocycles. The lowest BCUT2D eigenvalue weighted by molar-refractivity contribution is -0.0994. The molecule has 0 bridgehead atoms. The van der Waals surface area contributed by atoms with Crippen LogP contribution in [0, 0.1) is 39.9 Å². The Balaban J connectivity index is 1.35. The van der Waals surface area contributed by atoms with E-state index in [9.17, 15) is 9.90 Å². The molecule has 1 fully saturated rings. The van der Waals surface area contributed by atoms with Crippen molar-refractivity contribution in [2.45, 2.75) is 118 Å². The Labute approximate surface area is 237 Å². The number of benzene rings is 1. The largest absolute Gasteiger partial charge is 0.458 e. The summed E-state index contributed by atoms with van der Waals surface area (Å²) in [5.41, 5.74) is 5.90. The predicted octanol–water partition coefficient (Wildman–Crippen LogP) is 8.92. The predicted molar refractivity (Wildman–Crippen MR) is 159 cm³/mol. The van der Waals surface area contributed by atoms with E-state index in [1.807, 2.05) is 30.3 Å². The van der Waals surface area contributed by atoms with Gasteiger partial charge in [-0.15, -0.1) is 0 Å². The minimum atomic E-state index is -0.208. The highest BCUT2D eigenvalue weighted by Crippen LogP contribution is 2.67. The summed E-state index contributed by atoms with van der Waals surface area (Å²) in [6, 6.07) is 9.45. The topological polar surface area (TPSA) is 46.5 Å². The number of fused-ring (bicyclic) bond motifs is 4. The first-order chi connectivity index (χ1) is 18.4. The van der Waals surface area contributed by atoms with Crippen molar-refractivity contribution in [2.24, 2.45) is 39.9 Å². The molecule has 0 unspecified atom stereocenters. The van der Waals surface area contributed by atoms with Crippen LogP contribution in [-0.2, 0) is 4.74 Å². The number of carbonyl (C=O) groups excluding carboxylic acids is 1. The summed E-state index contributed by atoms with van der Waals surface area (Å²) in [5.74, 6) is 1.81. The van der Waals surface area contributed by atoms with Gasteiger partial charge in [0.1, 0.15) is 6.10 Å². The average molecular weight is 533 g/mol. The third-order valence-electron chi connectivity index (χ3n) is 11.9. The van der Waals surface area contributed by atoms with Crippen molar-refractivity contribution in [1.82, 2.24) is 0 Å². The first kappa shape index (κ1) is 28.7. The number of hydrogen-bond donors (Lipinski definition) is 1. The van der Waals surface area contributed by atoms with Gasteiger partial charge in [-0.3, -0.25) is 0 Å². The van der Waals surface area contributed by atoms with E-state index in [0.29, 0.717) is 29.2 Å². The molecule has 39 heavy (non-hydrogen) atoms. The van der Waals surface area contributed by atoms with Gasteiger partial charge in [-0.25, -0.2) is 4.79 Å². The Kier molecular flexibility index (Phi) is 7.72. The van der Waals surface area contributed by atoms with Gasteiger partial charge in [-0.1, -0.05) is 78.3 Å². The van der Waals surface area contributed by atoms with Crippen LogP contribution >= 0.6 is 0 Å². The zero-order valence-electron chi connectivity index (χ0n) is 25.6. The molecule has 4 aliphatic rings. The van der Waals surface area contributed by atoms with Crippen LogP contribution in [0.3, 0.4) is 0 Å². The van der Waals surface area contributed by atoms with Gasteiger partial charge < -0.3 is 9.84 Å². The number of esters is 1. The first-order valence-electron chi connectivity index (χ1n) is 15.8. The lowest BCUT2D eigenvalue weighted by Crippen LogP contribution is -2.54. The van der Waals surface area contributed by atoms with E-state index in [2.05, 4.69) is 54.5 Å². The number of hydrogen-bond acceptors (Lipinski definition) is 3. The van der Waals surface area contributed by atoms with Gasteiger partial charge in [-0.05, 0) is 116 Å². The molecule has 0 radical (unpaired) electrons. The molecule has 3 nitrogen and oxygen atoms in total. The quantitative estimate of drug-likeness (QED) is 0.357. The Morgan fingerprint density at radius 3 is 2.38 bits per heavy atom. The maximum Gasteiger partial charge on any atom is 0.338 e. The van der Waals surface area contributed by atoms with Gasteiger partial charge in [0.2, 0.25) is 0 Å². The number of carbonyl (C=O) groups is 1. The molecule has 1 aromatic rings. The summed E-state index contributed by atoms with van der Waals surface area (Å²) in [6.45, 7) is 16.5. The van der Waals surface area contributed by atoms with Crippen LogP contribution in [0.25, 0.3) is 0 Å². The zero-order valence-corrected chi connectivity index (χ0v) is 25.6. The Hall–Kier alpha value is -1.87. The molecule has 7 atom stereocenters. The summed E-state index contributed by atoms with van der Waals surface area (Å²) in [4.78, 5) is 13.0. The first-order valence-corrected chi connectivity index (χ1v) is 15.8. The lowest BCUT2D eigenvalue weighted by Gasteiger charge is -2.59. The maximum atomic E-state index is 13.0. The highest BCUT2D eigenvalue weighted by molar-refractivity contribution is 5.89.